The Bertz CT molecular complexity index is 1030. The average molecular weight is 454 g/mol. The number of amides is 2. The molecule has 2 aromatic carbocycles. The molecule has 2 rings (SSSR count). The Kier molecular flexibility index (Phi) is 8.22. The Labute approximate surface area is 181 Å². The number of hydrogen-bond donors (Lipinski definition) is 2. The van der Waals surface area contributed by atoms with E-state index in [4.69, 9.17) is 16.3 Å². The van der Waals surface area contributed by atoms with E-state index in [1.165, 1.54) is 13.2 Å². The minimum absolute atomic E-state index is 0.256. The Morgan fingerprint density at radius 2 is 1.87 bits per heavy atom. The van der Waals surface area contributed by atoms with Crippen LogP contribution in [-0.2, 0) is 19.6 Å². The van der Waals surface area contributed by atoms with Gasteiger partial charge in [-0.05, 0) is 36.8 Å². The zero-order valence-corrected chi connectivity index (χ0v) is 18.5. The largest absolute Gasteiger partial charge is 0.383 e. The standard InChI is InChI=1S/C20H24ClN3O5S/c1-14-8-9-15(12-17(14)21)24(30(3,27)28)13-19(25)23-18-7-5-4-6-16(18)20(26)22-10-11-29-2/h4-9,12H,10-11,13H2,1-3H3,(H,22,26)(H,23,25). The van der Waals surface area contributed by atoms with Crippen molar-refractivity contribution in [1.29, 1.82) is 0 Å². The number of halogens is 1. The van der Waals surface area contributed by atoms with Gasteiger partial charge in [-0.15, -0.1) is 0 Å². The summed E-state index contributed by atoms with van der Waals surface area (Å²) in [5, 5.41) is 5.68. The topological polar surface area (TPSA) is 105 Å². The molecule has 0 fully saturated rings. The van der Waals surface area contributed by atoms with Crippen LogP contribution in [0.2, 0.25) is 5.02 Å². The van der Waals surface area contributed by atoms with E-state index in [1.807, 2.05) is 0 Å². The number of methoxy groups -OCH3 is 1. The Hall–Kier alpha value is -2.62. The highest BCUT2D eigenvalue weighted by Crippen LogP contribution is 2.25. The van der Waals surface area contributed by atoms with Gasteiger partial charge < -0.3 is 15.4 Å². The lowest BCUT2D eigenvalue weighted by Gasteiger charge is -2.22. The zero-order valence-electron chi connectivity index (χ0n) is 16.9. The first-order valence-electron chi connectivity index (χ1n) is 9.03. The lowest BCUT2D eigenvalue weighted by molar-refractivity contribution is -0.114. The third-order valence-corrected chi connectivity index (χ3v) is 5.72. The lowest BCUT2D eigenvalue weighted by atomic mass is 10.1. The van der Waals surface area contributed by atoms with Gasteiger partial charge >= 0.3 is 0 Å². The van der Waals surface area contributed by atoms with Gasteiger partial charge in [-0.1, -0.05) is 29.8 Å². The van der Waals surface area contributed by atoms with Crippen molar-refractivity contribution in [2.24, 2.45) is 0 Å². The molecule has 2 N–H and O–H groups in total. The highest BCUT2D eigenvalue weighted by molar-refractivity contribution is 7.92. The number of nitrogens with zero attached hydrogens (tertiary/aromatic N) is 1. The van der Waals surface area contributed by atoms with E-state index in [0.29, 0.717) is 18.2 Å². The summed E-state index contributed by atoms with van der Waals surface area (Å²) in [6, 6.07) is 11.2. The second-order valence-corrected chi connectivity index (χ2v) is 8.86. The minimum atomic E-state index is -3.76. The molecule has 0 saturated carbocycles. The van der Waals surface area contributed by atoms with Crippen LogP contribution < -0.4 is 14.9 Å². The second kappa shape index (κ2) is 10.4. The van der Waals surface area contributed by atoms with Crippen molar-refractivity contribution in [3.8, 4) is 0 Å². The van der Waals surface area contributed by atoms with E-state index in [1.54, 1.807) is 43.3 Å². The lowest BCUT2D eigenvalue weighted by Crippen LogP contribution is -2.38. The van der Waals surface area contributed by atoms with E-state index in [-0.39, 0.29) is 22.8 Å². The highest BCUT2D eigenvalue weighted by Gasteiger charge is 2.22. The summed E-state index contributed by atoms with van der Waals surface area (Å²) in [5.74, 6) is -0.984. The molecule has 0 radical (unpaired) electrons. The maximum atomic E-state index is 12.6. The number of ether oxygens (including phenoxy) is 1. The van der Waals surface area contributed by atoms with Gasteiger partial charge in [0.25, 0.3) is 5.91 Å². The monoisotopic (exact) mass is 453 g/mol. The summed E-state index contributed by atoms with van der Waals surface area (Å²) >= 11 is 6.11. The fourth-order valence-electron chi connectivity index (χ4n) is 2.61. The van der Waals surface area contributed by atoms with E-state index in [2.05, 4.69) is 10.6 Å². The third kappa shape index (κ3) is 6.45. The highest BCUT2D eigenvalue weighted by atomic mass is 35.5. The van der Waals surface area contributed by atoms with Crippen LogP contribution in [0.15, 0.2) is 42.5 Å². The molecule has 0 spiro atoms. The first-order valence-corrected chi connectivity index (χ1v) is 11.3. The van der Waals surface area contributed by atoms with Crippen molar-refractivity contribution < 1.29 is 22.7 Å². The number of rotatable bonds is 9. The van der Waals surface area contributed by atoms with Crippen LogP contribution in [0, 0.1) is 6.92 Å². The van der Waals surface area contributed by atoms with Gasteiger partial charge in [-0.3, -0.25) is 13.9 Å². The van der Waals surface area contributed by atoms with Crippen LogP contribution in [0.25, 0.3) is 0 Å². The molecule has 0 atom stereocenters. The van der Waals surface area contributed by atoms with Crippen LogP contribution >= 0.6 is 11.6 Å². The minimum Gasteiger partial charge on any atom is -0.383 e. The summed E-state index contributed by atoms with van der Waals surface area (Å²) in [5.41, 5.74) is 1.58. The van der Waals surface area contributed by atoms with Gasteiger partial charge in [0.1, 0.15) is 6.54 Å². The molecule has 0 bridgehead atoms. The van der Waals surface area contributed by atoms with Crippen LogP contribution in [0.4, 0.5) is 11.4 Å². The quantitative estimate of drug-likeness (QED) is 0.567. The van der Waals surface area contributed by atoms with Gasteiger partial charge in [0, 0.05) is 18.7 Å². The van der Waals surface area contributed by atoms with E-state index in [0.717, 1.165) is 16.1 Å². The van der Waals surface area contributed by atoms with Crippen molar-refractivity contribution in [2.45, 2.75) is 6.92 Å². The summed E-state index contributed by atoms with van der Waals surface area (Å²) < 4.78 is 30.4. The van der Waals surface area contributed by atoms with Gasteiger partial charge in [0.05, 0.1) is 29.8 Å². The molecule has 162 valence electrons. The molecule has 2 aromatic rings. The number of carbonyl (C=O) groups is 2. The summed E-state index contributed by atoms with van der Waals surface area (Å²) in [7, 11) is -2.23. The van der Waals surface area contributed by atoms with Crippen molar-refractivity contribution in [2.75, 3.05) is 42.7 Å². The number of sulfonamides is 1. The Balaban J connectivity index is 2.20. The number of aryl methyl sites for hydroxylation is 1. The number of benzene rings is 2. The molecule has 10 heteroatoms. The van der Waals surface area contributed by atoms with E-state index in [9.17, 15) is 18.0 Å². The number of anilines is 2. The first-order chi connectivity index (χ1) is 14.1. The van der Waals surface area contributed by atoms with Crippen molar-refractivity contribution in [3.05, 3.63) is 58.6 Å². The first kappa shape index (κ1) is 23.7. The van der Waals surface area contributed by atoms with Gasteiger partial charge in [-0.2, -0.15) is 0 Å². The van der Waals surface area contributed by atoms with Crippen molar-refractivity contribution >= 4 is 44.8 Å². The molecule has 8 nitrogen and oxygen atoms in total. The number of hydrogen-bond acceptors (Lipinski definition) is 5. The van der Waals surface area contributed by atoms with Gasteiger partial charge in [0.2, 0.25) is 15.9 Å². The summed E-state index contributed by atoms with van der Waals surface area (Å²) in [6.45, 7) is 1.98. The van der Waals surface area contributed by atoms with E-state index >= 15 is 0 Å². The van der Waals surface area contributed by atoms with Gasteiger partial charge in [0.15, 0.2) is 0 Å². The maximum absolute atomic E-state index is 12.6. The molecule has 0 heterocycles. The molecular formula is C20H24ClN3O5S. The van der Waals surface area contributed by atoms with Crippen LogP contribution in [0.1, 0.15) is 15.9 Å². The normalized spacial score (nSPS) is 11.1. The average Bonchev–Trinajstić information content (AvgIpc) is 2.68. The second-order valence-electron chi connectivity index (χ2n) is 6.55. The van der Waals surface area contributed by atoms with Crippen molar-refractivity contribution in [1.82, 2.24) is 5.32 Å². The van der Waals surface area contributed by atoms with Crippen LogP contribution in [0.3, 0.4) is 0 Å². The predicted octanol–water partition coefficient (Wildman–Crippen LogP) is 2.43. The third-order valence-electron chi connectivity index (χ3n) is 4.17. The molecule has 0 aromatic heterocycles. The number of nitrogens with one attached hydrogen (secondary N) is 2. The summed E-state index contributed by atoms with van der Waals surface area (Å²) in [4.78, 5) is 25.0. The molecular weight excluding hydrogens is 430 g/mol. The van der Waals surface area contributed by atoms with E-state index < -0.39 is 22.5 Å². The van der Waals surface area contributed by atoms with Crippen LogP contribution in [0.5, 0.6) is 0 Å². The summed E-state index contributed by atoms with van der Waals surface area (Å²) in [6.07, 6.45) is 1.01. The predicted molar refractivity (Wildman–Crippen MR) is 118 cm³/mol. The Morgan fingerprint density at radius 1 is 1.17 bits per heavy atom. The SMILES string of the molecule is COCCNC(=O)c1ccccc1NC(=O)CN(c1ccc(C)c(Cl)c1)S(C)(=O)=O. The molecule has 0 saturated heterocycles. The zero-order chi connectivity index (χ0) is 22.3. The molecule has 0 aliphatic rings. The van der Waals surface area contributed by atoms with Crippen molar-refractivity contribution in [3.63, 3.8) is 0 Å². The fraction of sp³-hybridized carbons (Fsp3) is 0.300. The molecule has 2 amide bonds. The molecule has 0 unspecified atom stereocenters. The Morgan fingerprint density at radius 3 is 2.50 bits per heavy atom. The van der Waals surface area contributed by atoms with Crippen LogP contribution in [-0.4, -0.2) is 53.3 Å². The fourth-order valence-corrected chi connectivity index (χ4v) is 3.63. The van der Waals surface area contributed by atoms with Gasteiger partial charge in [-0.25, -0.2) is 8.42 Å². The smallest absolute Gasteiger partial charge is 0.253 e. The maximum Gasteiger partial charge on any atom is 0.253 e. The molecule has 0 aliphatic carbocycles. The molecule has 30 heavy (non-hydrogen) atoms. The molecule has 0 aliphatic heterocycles. The number of carbonyl (C=O) groups excluding carboxylic acids is 2. The number of para-hydroxylation sites is 1.